The van der Waals surface area contributed by atoms with Crippen molar-refractivity contribution in [1.29, 1.82) is 0 Å². The van der Waals surface area contributed by atoms with Crippen LogP contribution in [0.3, 0.4) is 0 Å². The fourth-order valence-corrected chi connectivity index (χ4v) is 6.61. The maximum absolute atomic E-state index is 5.49. The summed E-state index contributed by atoms with van der Waals surface area (Å²) < 4.78 is 8.97. The van der Waals surface area contributed by atoms with Crippen LogP contribution in [-0.2, 0) is 4.74 Å². The number of aromatic nitrogens is 2. The summed E-state index contributed by atoms with van der Waals surface area (Å²) in [6, 6.07) is 18.7. The number of anilines is 1. The third kappa shape index (κ3) is 3.60. The predicted molar refractivity (Wildman–Crippen MR) is 114 cm³/mol. The van der Waals surface area contributed by atoms with Crippen LogP contribution < -0.4 is 4.90 Å². The highest BCUT2D eigenvalue weighted by molar-refractivity contribution is 8.03. The van der Waals surface area contributed by atoms with Crippen molar-refractivity contribution in [3.05, 3.63) is 54.6 Å². The van der Waals surface area contributed by atoms with Gasteiger partial charge in [0, 0.05) is 18.7 Å². The predicted octanol–water partition coefficient (Wildman–Crippen LogP) is 5.41. The van der Waals surface area contributed by atoms with E-state index in [1.807, 2.05) is 12.1 Å². The first-order chi connectivity index (χ1) is 13.4. The summed E-state index contributed by atoms with van der Waals surface area (Å²) in [5.74, 6) is 0. The van der Waals surface area contributed by atoms with Gasteiger partial charge in [0.15, 0.2) is 9.47 Å². The normalized spacial score (nSPS) is 14.7. The largest absolute Gasteiger partial charge is 0.378 e. The molecule has 0 unspecified atom stereocenters. The lowest BCUT2D eigenvalue weighted by Gasteiger charge is -2.26. The number of benzene rings is 2. The van der Waals surface area contributed by atoms with Crippen LogP contribution >= 0.6 is 34.4 Å². The minimum absolute atomic E-state index is 0.764. The minimum atomic E-state index is 0.764. The first-order valence-corrected chi connectivity index (χ1v) is 11.2. The number of rotatable bonds is 4. The van der Waals surface area contributed by atoms with Crippen molar-refractivity contribution in [3.63, 3.8) is 0 Å². The summed E-state index contributed by atoms with van der Waals surface area (Å²) in [5, 5.41) is 1.07. The molecule has 0 bridgehead atoms. The SMILES string of the molecule is c1ccc(-c2nc(N3CCOCC3)sc2Sc2nc3ccccc3s2)cc1. The van der Waals surface area contributed by atoms with Crippen LogP contribution in [0.25, 0.3) is 21.5 Å². The van der Waals surface area contributed by atoms with Gasteiger partial charge in [0.25, 0.3) is 0 Å². The Hall–Kier alpha value is -1.93. The third-order valence-electron chi connectivity index (χ3n) is 4.37. The third-order valence-corrected chi connectivity index (χ3v) is 7.75. The molecule has 7 heteroatoms. The molecule has 2 aromatic heterocycles. The zero-order valence-corrected chi connectivity index (χ0v) is 16.9. The molecule has 5 rings (SSSR count). The van der Waals surface area contributed by atoms with Crippen molar-refractivity contribution >= 4 is 49.8 Å². The van der Waals surface area contributed by atoms with Crippen LogP contribution in [0.15, 0.2) is 63.1 Å². The standard InChI is InChI=1S/C20H17N3OS3/c1-2-6-14(7-3-1)17-18(26-19(22-17)23-10-12-24-13-11-23)27-20-21-15-8-4-5-9-16(15)25-20/h1-9H,10-13H2. The van der Waals surface area contributed by atoms with Gasteiger partial charge in [-0.2, -0.15) is 0 Å². The number of thiazole rings is 2. The van der Waals surface area contributed by atoms with E-state index >= 15 is 0 Å². The molecular weight excluding hydrogens is 394 g/mol. The minimum Gasteiger partial charge on any atom is -0.378 e. The first kappa shape index (κ1) is 17.2. The van der Waals surface area contributed by atoms with Gasteiger partial charge < -0.3 is 9.64 Å². The Balaban J connectivity index is 1.53. The molecule has 4 nitrogen and oxygen atoms in total. The Morgan fingerprint density at radius 1 is 0.889 bits per heavy atom. The molecule has 0 saturated carbocycles. The highest BCUT2D eigenvalue weighted by atomic mass is 32.2. The summed E-state index contributed by atoms with van der Waals surface area (Å²) in [4.78, 5) is 12.1. The molecule has 1 aliphatic rings. The molecule has 27 heavy (non-hydrogen) atoms. The van der Waals surface area contributed by atoms with Crippen molar-refractivity contribution in [2.45, 2.75) is 8.55 Å². The molecule has 4 aromatic rings. The van der Waals surface area contributed by atoms with Crippen molar-refractivity contribution in [2.75, 3.05) is 31.2 Å². The number of hydrogen-bond donors (Lipinski definition) is 0. The number of hydrogen-bond acceptors (Lipinski definition) is 7. The molecule has 0 aliphatic carbocycles. The van der Waals surface area contributed by atoms with E-state index in [2.05, 4.69) is 47.4 Å². The second-order valence-electron chi connectivity index (χ2n) is 6.15. The molecule has 0 spiro atoms. The Morgan fingerprint density at radius 3 is 2.48 bits per heavy atom. The fraction of sp³-hybridized carbons (Fsp3) is 0.200. The van der Waals surface area contributed by atoms with Crippen LogP contribution in [0.2, 0.25) is 0 Å². The molecule has 3 heterocycles. The monoisotopic (exact) mass is 411 g/mol. The Morgan fingerprint density at radius 2 is 1.67 bits per heavy atom. The molecule has 1 fully saturated rings. The average Bonchev–Trinajstić information content (AvgIpc) is 3.33. The second kappa shape index (κ2) is 7.59. The topological polar surface area (TPSA) is 38.2 Å². The van der Waals surface area contributed by atoms with Gasteiger partial charge in [-0.05, 0) is 23.9 Å². The van der Waals surface area contributed by atoms with Crippen molar-refractivity contribution in [2.24, 2.45) is 0 Å². The van der Waals surface area contributed by atoms with Crippen molar-refractivity contribution in [3.8, 4) is 11.3 Å². The Bertz CT molecular complexity index is 1020. The molecule has 0 amide bonds. The Labute approximate surface area is 169 Å². The van der Waals surface area contributed by atoms with Crippen LogP contribution in [-0.4, -0.2) is 36.3 Å². The van der Waals surface area contributed by atoms with Crippen LogP contribution in [0.1, 0.15) is 0 Å². The van der Waals surface area contributed by atoms with Crippen molar-refractivity contribution < 1.29 is 4.74 Å². The smallest absolute Gasteiger partial charge is 0.187 e. The second-order valence-corrected chi connectivity index (χ2v) is 9.67. The van der Waals surface area contributed by atoms with E-state index in [1.165, 1.54) is 8.91 Å². The zero-order chi connectivity index (χ0) is 18.1. The quantitative estimate of drug-likeness (QED) is 0.449. The highest BCUT2D eigenvalue weighted by Gasteiger charge is 2.21. The maximum atomic E-state index is 5.49. The van der Waals surface area contributed by atoms with Gasteiger partial charge >= 0.3 is 0 Å². The number of fused-ring (bicyclic) bond motifs is 1. The number of ether oxygens (including phenoxy) is 1. The van der Waals surface area contributed by atoms with Crippen LogP contribution in [0, 0.1) is 0 Å². The summed E-state index contributed by atoms with van der Waals surface area (Å²) in [6.07, 6.45) is 0. The fourth-order valence-electron chi connectivity index (χ4n) is 3.01. The van der Waals surface area contributed by atoms with Crippen LogP contribution in [0.5, 0.6) is 0 Å². The van der Waals surface area contributed by atoms with Gasteiger partial charge in [-0.3, -0.25) is 0 Å². The maximum Gasteiger partial charge on any atom is 0.187 e. The molecule has 0 atom stereocenters. The van der Waals surface area contributed by atoms with E-state index in [0.29, 0.717) is 0 Å². The van der Waals surface area contributed by atoms with E-state index in [4.69, 9.17) is 14.7 Å². The van der Waals surface area contributed by atoms with E-state index in [9.17, 15) is 0 Å². The van der Waals surface area contributed by atoms with E-state index in [1.54, 1.807) is 34.4 Å². The van der Waals surface area contributed by atoms with Gasteiger partial charge in [-0.25, -0.2) is 9.97 Å². The number of morpholine rings is 1. The summed E-state index contributed by atoms with van der Waals surface area (Å²) >= 11 is 5.22. The molecule has 0 radical (unpaired) electrons. The number of para-hydroxylation sites is 1. The van der Waals surface area contributed by atoms with Gasteiger partial charge in [-0.15, -0.1) is 11.3 Å². The lowest BCUT2D eigenvalue weighted by molar-refractivity contribution is 0.122. The van der Waals surface area contributed by atoms with Gasteiger partial charge in [-0.1, -0.05) is 53.8 Å². The molecular formula is C20H17N3OS3. The zero-order valence-electron chi connectivity index (χ0n) is 14.5. The Kier molecular flexibility index (Phi) is 4.83. The van der Waals surface area contributed by atoms with E-state index < -0.39 is 0 Å². The van der Waals surface area contributed by atoms with Gasteiger partial charge in [0.05, 0.1) is 33.3 Å². The number of nitrogens with zero attached hydrogens (tertiary/aromatic N) is 3. The molecule has 1 saturated heterocycles. The van der Waals surface area contributed by atoms with Crippen molar-refractivity contribution in [1.82, 2.24) is 9.97 Å². The lowest BCUT2D eigenvalue weighted by Crippen LogP contribution is -2.36. The van der Waals surface area contributed by atoms with Crippen LogP contribution in [0.4, 0.5) is 5.13 Å². The lowest BCUT2D eigenvalue weighted by atomic mass is 10.2. The summed E-state index contributed by atoms with van der Waals surface area (Å²) in [5.41, 5.74) is 3.26. The average molecular weight is 412 g/mol. The first-order valence-electron chi connectivity index (χ1n) is 8.79. The van der Waals surface area contributed by atoms with Gasteiger partial charge in [0.1, 0.15) is 0 Å². The van der Waals surface area contributed by atoms with Gasteiger partial charge in [0.2, 0.25) is 0 Å². The summed E-state index contributed by atoms with van der Waals surface area (Å²) in [7, 11) is 0. The van der Waals surface area contributed by atoms with E-state index in [0.717, 1.165) is 52.5 Å². The molecule has 1 aliphatic heterocycles. The highest BCUT2D eigenvalue weighted by Crippen LogP contribution is 2.44. The molecule has 0 N–H and O–H groups in total. The molecule has 2 aromatic carbocycles. The van der Waals surface area contributed by atoms with E-state index in [-0.39, 0.29) is 0 Å². The summed E-state index contributed by atoms with van der Waals surface area (Å²) in [6.45, 7) is 3.32. The molecule has 136 valence electrons.